The zero-order valence-electron chi connectivity index (χ0n) is 16.2. The molecule has 4 rings (SSSR count). The van der Waals surface area contributed by atoms with Gasteiger partial charge in [-0.2, -0.15) is 0 Å². The summed E-state index contributed by atoms with van der Waals surface area (Å²) in [5.41, 5.74) is 0. The Morgan fingerprint density at radius 1 is 0.625 bits per heavy atom. The summed E-state index contributed by atoms with van der Waals surface area (Å²) in [6.07, 6.45) is 0.827. The lowest BCUT2D eigenvalue weighted by Crippen LogP contribution is -1.97. The molecule has 0 saturated heterocycles. The van der Waals surface area contributed by atoms with Gasteiger partial charge in [-0.15, -0.1) is 0 Å². The van der Waals surface area contributed by atoms with Gasteiger partial charge in [-0.05, 0) is 44.0 Å². The van der Waals surface area contributed by atoms with Crippen molar-refractivity contribution in [2.75, 3.05) is 13.2 Å². The molecule has 0 spiro atoms. The van der Waals surface area contributed by atoms with Crippen molar-refractivity contribution < 1.29 is 43.1 Å². The van der Waals surface area contributed by atoms with Crippen molar-refractivity contribution in [3.8, 4) is 34.5 Å². The van der Waals surface area contributed by atoms with Crippen LogP contribution < -0.4 is 9.47 Å². The molecule has 0 aromatic heterocycles. The molecule has 0 saturated carbocycles. The molecule has 0 radical (unpaired) electrons. The second-order valence-electron chi connectivity index (χ2n) is 6.15. The van der Waals surface area contributed by atoms with Crippen LogP contribution in [0, 0.1) is 17.5 Å². The number of phenols is 4. The summed E-state index contributed by atoms with van der Waals surface area (Å²) in [5, 5.41) is 34.7. The average molecular weight is 582 g/mol. The lowest BCUT2D eigenvalue weighted by atomic mass is 10.3. The summed E-state index contributed by atoms with van der Waals surface area (Å²) in [6.45, 7) is 1.19. The Balaban J connectivity index is 0.000000174. The minimum absolute atomic E-state index is 0.128. The second-order valence-corrected chi connectivity index (χ2v) is 7.86. The molecule has 1 aliphatic heterocycles. The van der Waals surface area contributed by atoms with E-state index >= 15 is 0 Å². The first-order valence-electron chi connectivity index (χ1n) is 8.87. The van der Waals surface area contributed by atoms with Gasteiger partial charge in [-0.1, -0.05) is 0 Å². The van der Waals surface area contributed by atoms with Gasteiger partial charge in [0.15, 0.2) is 34.5 Å². The number of hydrogen-bond donors (Lipinski definition) is 4. The van der Waals surface area contributed by atoms with E-state index in [1.807, 2.05) is 0 Å². The zero-order chi connectivity index (χ0) is 23.8. The largest absolute Gasteiger partial charge is 0.504 e. The Morgan fingerprint density at radius 2 is 1.12 bits per heavy atom. The monoisotopic (exact) mass is 580 g/mol. The predicted molar refractivity (Wildman–Crippen MR) is 117 cm³/mol. The first-order chi connectivity index (χ1) is 15.1. The molecule has 11 heteroatoms. The Morgan fingerprint density at radius 3 is 1.69 bits per heavy atom. The third-order valence-corrected chi connectivity index (χ3v) is 4.96. The summed E-state index contributed by atoms with van der Waals surface area (Å²) in [5.74, 6) is -1.95. The number of fused-ring (bicyclic) bond motifs is 1. The lowest BCUT2D eigenvalue weighted by molar-refractivity contribution is 0.296. The minimum atomic E-state index is -0.602. The second kappa shape index (κ2) is 11.7. The topological polar surface area (TPSA) is 99.4 Å². The van der Waals surface area contributed by atoms with Gasteiger partial charge in [0.1, 0.15) is 17.5 Å². The van der Waals surface area contributed by atoms with Gasteiger partial charge in [-0.3, -0.25) is 0 Å². The normalized spacial score (nSPS) is 11.9. The molecule has 0 aliphatic carbocycles. The minimum Gasteiger partial charge on any atom is -0.504 e. The van der Waals surface area contributed by atoms with E-state index in [1.165, 1.54) is 6.07 Å². The van der Waals surface area contributed by atoms with E-state index in [0.29, 0.717) is 29.2 Å². The molecule has 6 nitrogen and oxygen atoms in total. The van der Waals surface area contributed by atoms with Crippen LogP contribution in [0.4, 0.5) is 13.2 Å². The Hall–Kier alpha value is -2.79. The standard InChI is InChI=1S/C9H8BrFO2.C6H4BrFO2.C6H5FO2/c10-6-4-8-9(5-7(6)11)13-3-1-2-12-8;7-3-1-5(9)6(10)2-4(3)8;7-4-1-2-5(8)6(9)3-4/h4-5H,1-3H2;1-2,9-10H;1-3,8-9H. The highest BCUT2D eigenvalue weighted by molar-refractivity contribution is 9.10. The van der Waals surface area contributed by atoms with E-state index in [4.69, 9.17) is 29.9 Å². The molecule has 4 N–H and O–H groups in total. The molecule has 0 unspecified atom stereocenters. The molecule has 0 atom stereocenters. The molecule has 1 heterocycles. The number of aromatic hydroxyl groups is 4. The van der Waals surface area contributed by atoms with Crippen LogP contribution in [0.1, 0.15) is 6.42 Å². The van der Waals surface area contributed by atoms with Crippen molar-refractivity contribution in [3.05, 3.63) is 68.9 Å². The van der Waals surface area contributed by atoms with Gasteiger partial charge in [-0.25, -0.2) is 13.2 Å². The molecule has 3 aromatic rings. The molecule has 1 aliphatic rings. The molecule has 172 valence electrons. The molecular formula is C21H17Br2F3O6. The quantitative estimate of drug-likeness (QED) is 0.244. The van der Waals surface area contributed by atoms with Crippen molar-refractivity contribution in [2.24, 2.45) is 0 Å². The van der Waals surface area contributed by atoms with Crippen molar-refractivity contribution in [1.82, 2.24) is 0 Å². The Bertz CT molecular complexity index is 1000. The summed E-state index contributed by atoms with van der Waals surface area (Å²) >= 11 is 5.92. The van der Waals surface area contributed by atoms with Crippen LogP contribution in [0.25, 0.3) is 0 Å². The van der Waals surface area contributed by atoms with Crippen molar-refractivity contribution in [2.45, 2.75) is 6.42 Å². The maximum Gasteiger partial charge on any atom is 0.164 e. The first kappa shape index (κ1) is 25.5. The third kappa shape index (κ3) is 7.41. The SMILES string of the molecule is Fc1cc2c(cc1Br)OCCCO2.Oc1cc(F)c(Br)cc1O.Oc1ccc(F)cc1O. The summed E-state index contributed by atoms with van der Waals surface area (Å²) in [4.78, 5) is 0. The molecule has 32 heavy (non-hydrogen) atoms. The van der Waals surface area contributed by atoms with Crippen LogP contribution in [-0.4, -0.2) is 33.6 Å². The van der Waals surface area contributed by atoms with Crippen LogP contribution >= 0.6 is 31.9 Å². The highest BCUT2D eigenvalue weighted by Gasteiger charge is 2.13. The van der Waals surface area contributed by atoms with Crippen molar-refractivity contribution in [1.29, 1.82) is 0 Å². The van der Waals surface area contributed by atoms with Gasteiger partial charge in [0.05, 0.1) is 22.2 Å². The van der Waals surface area contributed by atoms with Gasteiger partial charge in [0.2, 0.25) is 0 Å². The summed E-state index contributed by atoms with van der Waals surface area (Å²) in [6, 6.07) is 7.85. The average Bonchev–Trinajstić information content (AvgIpc) is 2.96. The fourth-order valence-corrected chi connectivity index (χ4v) is 2.84. The van der Waals surface area contributed by atoms with E-state index in [9.17, 15) is 13.2 Å². The molecule has 3 aromatic carbocycles. The van der Waals surface area contributed by atoms with E-state index in [1.54, 1.807) is 6.07 Å². The van der Waals surface area contributed by atoms with Crippen LogP contribution in [-0.2, 0) is 0 Å². The van der Waals surface area contributed by atoms with Gasteiger partial charge in [0, 0.05) is 36.8 Å². The van der Waals surface area contributed by atoms with Crippen molar-refractivity contribution in [3.63, 3.8) is 0 Å². The van der Waals surface area contributed by atoms with E-state index in [2.05, 4.69) is 31.9 Å². The zero-order valence-corrected chi connectivity index (χ0v) is 19.3. The first-order valence-corrected chi connectivity index (χ1v) is 10.5. The van der Waals surface area contributed by atoms with Gasteiger partial charge >= 0.3 is 0 Å². The number of phenolic OH excluding ortho intramolecular Hbond substituents is 4. The Labute approximate surface area is 197 Å². The van der Waals surface area contributed by atoms with Crippen LogP contribution in [0.3, 0.4) is 0 Å². The third-order valence-electron chi connectivity index (χ3n) is 3.75. The van der Waals surface area contributed by atoms with Gasteiger partial charge < -0.3 is 29.9 Å². The number of benzene rings is 3. The van der Waals surface area contributed by atoms with Crippen LogP contribution in [0.15, 0.2) is 51.4 Å². The molecule has 0 bridgehead atoms. The smallest absolute Gasteiger partial charge is 0.164 e. The molecule has 0 amide bonds. The van der Waals surface area contributed by atoms with E-state index in [0.717, 1.165) is 36.8 Å². The maximum absolute atomic E-state index is 13.1. The van der Waals surface area contributed by atoms with E-state index in [-0.39, 0.29) is 21.8 Å². The molecule has 0 fully saturated rings. The summed E-state index contributed by atoms with van der Waals surface area (Å²) in [7, 11) is 0. The van der Waals surface area contributed by atoms with E-state index < -0.39 is 23.1 Å². The fraction of sp³-hybridized carbons (Fsp3) is 0.143. The predicted octanol–water partition coefficient (Wildman–Crippen LogP) is 5.99. The molecular weight excluding hydrogens is 565 g/mol. The number of hydrogen-bond acceptors (Lipinski definition) is 6. The number of ether oxygens (including phenoxy) is 2. The summed E-state index contributed by atoms with van der Waals surface area (Å²) < 4.78 is 48.8. The lowest BCUT2D eigenvalue weighted by Gasteiger charge is -2.07. The number of halogens is 5. The van der Waals surface area contributed by atoms with Crippen molar-refractivity contribution >= 4 is 31.9 Å². The maximum atomic E-state index is 13.1. The fourth-order valence-electron chi connectivity index (χ4n) is 2.18. The number of rotatable bonds is 0. The van der Waals surface area contributed by atoms with Crippen LogP contribution in [0.5, 0.6) is 34.5 Å². The highest BCUT2D eigenvalue weighted by atomic mass is 79.9. The van der Waals surface area contributed by atoms with Gasteiger partial charge in [0.25, 0.3) is 0 Å². The highest BCUT2D eigenvalue weighted by Crippen LogP contribution is 2.34. The Kier molecular flexibility index (Phi) is 9.33. The van der Waals surface area contributed by atoms with Crippen LogP contribution in [0.2, 0.25) is 0 Å².